The second-order valence-electron chi connectivity index (χ2n) is 6.79. The van der Waals surface area contributed by atoms with Gasteiger partial charge >= 0.3 is 0 Å². The average Bonchev–Trinajstić information content (AvgIpc) is 2.84. The lowest BCUT2D eigenvalue weighted by atomic mass is 9.89. The van der Waals surface area contributed by atoms with E-state index in [1.807, 2.05) is 24.0 Å². The van der Waals surface area contributed by atoms with E-state index in [0.717, 1.165) is 25.9 Å². The number of benzene rings is 1. The van der Waals surface area contributed by atoms with Crippen molar-refractivity contribution >= 4 is 5.91 Å². The van der Waals surface area contributed by atoms with Crippen molar-refractivity contribution in [3.05, 3.63) is 35.4 Å². The second kappa shape index (κ2) is 5.43. The molecule has 0 saturated carbocycles. The number of carbonyl (C=O) groups is 1. The molecule has 0 unspecified atom stereocenters. The number of carbonyl (C=O) groups excluding carboxylic acids is 1. The molecule has 2 aliphatic rings. The predicted octanol–water partition coefficient (Wildman–Crippen LogP) is 1.07. The zero-order chi connectivity index (χ0) is 15.0. The summed E-state index contributed by atoms with van der Waals surface area (Å²) in [6.07, 6.45) is 3.45. The van der Waals surface area contributed by atoms with Gasteiger partial charge in [0.25, 0.3) is 0 Å². The maximum Gasteiger partial charge on any atom is 0.243 e. The molecule has 0 bridgehead atoms. The first-order valence-corrected chi connectivity index (χ1v) is 7.90. The Morgan fingerprint density at radius 3 is 2.52 bits per heavy atom. The molecule has 1 aromatic rings. The third-order valence-electron chi connectivity index (χ3n) is 5.04. The smallest absolute Gasteiger partial charge is 0.243 e. The Morgan fingerprint density at radius 1 is 1.33 bits per heavy atom. The molecule has 0 aromatic heterocycles. The van der Waals surface area contributed by atoms with Gasteiger partial charge in [0.15, 0.2) is 0 Å². The van der Waals surface area contributed by atoms with Crippen LogP contribution >= 0.6 is 0 Å². The number of piperidine rings is 1. The summed E-state index contributed by atoms with van der Waals surface area (Å²) in [4.78, 5) is 14.9. The van der Waals surface area contributed by atoms with Gasteiger partial charge in [-0.15, -0.1) is 0 Å². The number of hydrogen-bond acceptors (Lipinski definition) is 3. The number of amides is 1. The van der Waals surface area contributed by atoms with E-state index in [4.69, 9.17) is 11.5 Å². The van der Waals surface area contributed by atoms with Gasteiger partial charge in [-0.3, -0.25) is 4.79 Å². The van der Waals surface area contributed by atoms with Gasteiger partial charge in [0.1, 0.15) is 5.54 Å². The van der Waals surface area contributed by atoms with Crippen LogP contribution < -0.4 is 11.5 Å². The first-order valence-electron chi connectivity index (χ1n) is 7.90. The van der Waals surface area contributed by atoms with Crippen molar-refractivity contribution in [2.24, 2.45) is 17.4 Å². The van der Waals surface area contributed by atoms with Crippen LogP contribution in [0.5, 0.6) is 0 Å². The van der Waals surface area contributed by atoms with E-state index >= 15 is 0 Å². The molecule has 2 atom stereocenters. The predicted molar refractivity (Wildman–Crippen MR) is 83.7 cm³/mol. The van der Waals surface area contributed by atoms with Crippen molar-refractivity contribution in [2.45, 2.75) is 44.2 Å². The summed E-state index contributed by atoms with van der Waals surface area (Å²) in [6.45, 7) is 3.60. The normalized spacial score (nSPS) is 25.5. The van der Waals surface area contributed by atoms with E-state index in [1.54, 1.807) is 0 Å². The highest BCUT2D eigenvalue weighted by atomic mass is 16.2. The van der Waals surface area contributed by atoms with Crippen molar-refractivity contribution in [1.82, 2.24) is 4.90 Å². The molecule has 114 valence electrons. The van der Waals surface area contributed by atoms with Crippen molar-refractivity contribution in [2.75, 3.05) is 13.1 Å². The van der Waals surface area contributed by atoms with E-state index in [0.29, 0.717) is 18.8 Å². The monoisotopic (exact) mass is 287 g/mol. The van der Waals surface area contributed by atoms with Gasteiger partial charge in [0, 0.05) is 19.1 Å². The third kappa shape index (κ3) is 2.70. The summed E-state index contributed by atoms with van der Waals surface area (Å²) >= 11 is 0. The van der Waals surface area contributed by atoms with Crippen LogP contribution in [0.1, 0.15) is 30.9 Å². The lowest BCUT2D eigenvalue weighted by Gasteiger charge is -2.38. The van der Waals surface area contributed by atoms with Gasteiger partial charge < -0.3 is 16.4 Å². The molecule has 4 N–H and O–H groups in total. The van der Waals surface area contributed by atoms with E-state index in [9.17, 15) is 4.79 Å². The fraction of sp³-hybridized carbons (Fsp3) is 0.588. The molecule has 1 aliphatic carbocycles. The topological polar surface area (TPSA) is 72.3 Å². The standard InChI is InChI=1S/C17H25N3O/c1-12(18)15-7-4-8-20(11-15)16(21)17(19)9-13-5-2-3-6-14(13)10-17/h2-3,5-6,12,15H,4,7-11,18-19H2,1H3/t12-,15+/m0/s1. The second-order valence-corrected chi connectivity index (χ2v) is 6.79. The van der Waals surface area contributed by atoms with E-state index in [2.05, 4.69) is 12.1 Å². The molecule has 1 aliphatic heterocycles. The summed E-state index contributed by atoms with van der Waals surface area (Å²) in [6, 6.07) is 8.33. The van der Waals surface area contributed by atoms with Crippen LogP contribution in [0, 0.1) is 5.92 Å². The summed E-state index contributed by atoms with van der Waals surface area (Å²) < 4.78 is 0. The van der Waals surface area contributed by atoms with Gasteiger partial charge in [-0.1, -0.05) is 24.3 Å². The SMILES string of the molecule is C[C@H](N)[C@@H]1CCCN(C(=O)C2(N)Cc3ccccc3C2)C1. The van der Waals surface area contributed by atoms with Gasteiger partial charge in [0.2, 0.25) is 5.91 Å². The summed E-state index contributed by atoms with van der Waals surface area (Å²) in [7, 11) is 0. The van der Waals surface area contributed by atoms with Gasteiger partial charge in [-0.2, -0.15) is 0 Å². The highest BCUT2D eigenvalue weighted by molar-refractivity contribution is 5.88. The highest BCUT2D eigenvalue weighted by Crippen LogP contribution is 2.31. The number of hydrogen-bond donors (Lipinski definition) is 2. The molecule has 4 heteroatoms. The van der Waals surface area contributed by atoms with Gasteiger partial charge in [-0.05, 0) is 49.7 Å². The Morgan fingerprint density at radius 2 is 1.95 bits per heavy atom. The molecule has 4 nitrogen and oxygen atoms in total. The molecular weight excluding hydrogens is 262 g/mol. The Bertz CT molecular complexity index is 516. The quantitative estimate of drug-likeness (QED) is 0.854. The molecule has 0 radical (unpaired) electrons. The van der Waals surface area contributed by atoms with Gasteiger partial charge in [-0.25, -0.2) is 0 Å². The minimum atomic E-state index is -0.761. The van der Waals surface area contributed by atoms with Crippen LogP contribution in [0.25, 0.3) is 0 Å². The fourth-order valence-electron chi connectivity index (χ4n) is 3.73. The minimum absolute atomic E-state index is 0.101. The number of fused-ring (bicyclic) bond motifs is 1. The largest absolute Gasteiger partial charge is 0.341 e. The molecule has 1 saturated heterocycles. The van der Waals surface area contributed by atoms with Crippen LogP contribution in [0.15, 0.2) is 24.3 Å². The Kier molecular flexibility index (Phi) is 3.76. The van der Waals surface area contributed by atoms with Crippen LogP contribution in [-0.4, -0.2) is 35.5 Å². The maximum atomic E-state index is 12.9. The third-order valence-corrected chi connectivity index (χ3v) is 5.04. The molecule has 1 fully saturated rings. The van der Waals surface area contributed by atoms with Crippen LogP contribution in [0.2, 0.25) is 0 Å². The summed E-state index contributed by atoms with van der Waals surface area (Å²) in [5.74, 6) is 0.499. The molecule has 0 spiro atoms. The average molecular weight is 287 g/mol. The summed E-state index contributed by atoms with van der Waals surface area (Å²) in [5, 5.41) is 0. The number of nitrogens with two attached hydrogens (primary N) is 2. The number of rotatable bonds is 2. The van der Waals surface area contributed by atoms with Crippen molar-refractivity contribution in [1.29, 1.82) is 0 Å². The van der Waals surface area contributed by atoms with Crippen molar-refractivity contribution < 1.29 is 4.79 Å². The van der Waals surface area contributed by atoms with Crippen LogP contribution in [-0.2, 0) is 17.6 Å². The summed E-state index contributed by atoms with van der Waals surface area (Å²) in [5.41, 5.74) is 14.2. The van der Waals surface area contributed by atoms with E-state index < -0.39 is 5.54 Å². The first-order chi connectivity index (χ1) is 9.99. The first kappa shape index (κ1) is 14.5. The lowest BCUT2D eigenvalue weighted by molar-refractivity contribution is -0.138. The number of likely N-dealkylation sites (tertiary alicyclic amines) is 1. The Labute approximate surface area is 126 Å². The molecule has 21 heavy (non-hydrogen) atoms. The lowest BCUT2D eigenvalue weighted by Crippen LogP contribution is -2.58. The van der Waals surface area contributed by atoms with Gasteiger partial charge in [0.05, 0.1) is 0 Å². The van der Waals surface area contributed by atoms with Crippen molar-refractivity contribution in [3.8, 4) is 0 Å². The highest BCUT2D eigenvalue weighted by Gasteiger charge is 2.43. The maximum absolute atomic E-state index is 12.9. The van der Waals surface area contributed by atoms with E-state index in [1.165, 1.54) is 11.1 Å². The van der Waals surface area contributed by atoms with Crippen LogP contribution in [0.3, 0.4) is 0 Å². The fourth-order valence-corrected chi connectivity index (χ4v) is 3.73. The minimum Gasteiger partial charge on any atom is -0.341 e. The molecular formula is C17H25N3O. The molecule has 1 aromatic carbocycles. The zero-order valence-electron chi connectivity index (χ0n) is 12.7. The van der Waals surface area contributed by atoms with E-state index in [-0.39, 0.29) is 11.9 Å². The Balaban J connectivity index is 1.74. The Hall–Kier alpha value is -1.39. The zero-order valence-corrected chi connectivity index (χ0v) is 12.7. The van der Waals surface area contributed by atoms with Crippen LogP contribution in [0.4, 0.5) is 0 Å². The number of nitrogens with zero attached hydrogens (tertiary/aromatic N) is 1. The molecule has 1 heterocycles. The molecule has 1 amide bonds. The molecule has 3 rings (SSSR count). The van der Waals surface area contributed by atoms with Crippen molar-refractivity contribution in [3.63, 3.8) is 0 Å².